The van der Waals surface area contributed by atoms with Gasteiger partial charge in [-0.05, 0) is 44.8 Å². The van der Waals surface area contributed by atoms with E-state index in [1.807, 2.05) is 19.2 Å². The van der Waals surface area contributed by atoms with Crippen molar-refractivity contribution in [3.63, 3.8) is 0 Å². The van der Waals surface area contributed by atoms with Gasteiger partial charge in [0, 0.05) is 18.9 Å². The van der Waals surface area contributed by atoms with Crippen LogP contribution in [0.25, 0.3) is 0 Å². The zero-order valence-corrected chi connectivity index (χ0v) is 10.2. The maximum Gasteiger partial charge on any atom is 0.244 e. The topological polar surface area (TPSA) is 59.0 Å². The lowest BCUT2D eigenvalue weighted by Gasteiger charge is -2.23. The molecule has 1 fully saturated rings. The van der Waals surface area contributed by atoms with Crippen molar-refractivity contribution in [1.29, 1.82) is 0 Å². The summed E-state index contributed by atoms with van der Waals surface area (Å²) in [5.74, 6) is 0.608. The Hall–Kier alpha value is -1.36. The molecule has 2 rings (SSSR count). The highest BCUT2D eigenvalue weighted by atomic mass is 16.2. The molecule has 0 saturated carbocycles. The fourth-order valence-corrected chi connectivity index (χ4v) is 2.12. The van der Waals surface area contributed by atoms with E-state index in [9.17, 15) is 4.79 Å². The molecule has 2 unspecified atom stereocenters. The Morgan fingerprint density at radius 1 is 1.71 bits per heavy atom. The largest absolute Gasteiger partial charge is 0.354 e. The van der Waals surface area contributed by atoms with Crippen molar-refractivity contribution in [1.82, 2.24) is 20.4 Å². The Morgan fingerprint density at radius 3 is 3.24 bits per heavy atom. The number of piperidine rings is 1. The van der Waals surface area contributed by atoms with E-state index in [1.54, 1.807) is 10.9 Å². The van der Waals surface area contributed by atoms with Crippen molar-refractivity contribution in [2.45, 2.75) is 25.8 Å². The normalized spacial score (nSPS) is 22.1. The van der Waals surface area contributed by atoms with Crippen molar-refractivity contribution in [3.8, 4) is 0 Å². The third kappa shape index (κ3) is 3.30. The molecule has 0 spiro atoms. The van der Waals surface area contributed by atoms with E-state index in [2.05, 4.69) is 15.7 Å². The van der Waals surface area contributed by atoms with Gasteiger partial charge in [0.1, 0.15) is 6.04 Å². The van der Waals surface area contributed by atoms with Crippen LogP contribution in [0.5, 0.6) is 0 Å². The van der Waals surface area contributed by atoms with Gasteiger partial charge in [0.15, 0.2) is 0 Å². The fraction of sp³-hybridized carbons (Fsp3) is 0.667. The number of hydrogen-bond donors (Lipinski definition) is 2. The standard InChI is InChI=1S/C12H20N4O/c1-10(16-7-3-6-15-16)12(17)14-9-11-4-2-5-13-8-11/h3,6-7,10-11,13H,2,4-5,8-9H2,1H3,(H,14,17). The molecule has 0 aliphatic carbocycles. The third-order valence-corrected chi connectivity index (χ3v) is 3.27. The van der Waals surface area contributed by atoms with Crippen LogP contribution >= 0.6 is 0 Å². The molecule has 1 aromatic rings. The number of hydrogen-bond acceptors (Lipinski definition) is 3. The SMILES string of the molecule is CC(C(=O)NCC1CCCNC1)n1cccn1. The summed E-state index contributed by atoms with van der Waals surface area (Å²) < 4.78 is 1.68. The number of amides is 1. The van der Waals surface area contributed by atoms with Gasteiger partial charge >= 0.3 is 0 Å². The first-order chi connectivity index (χ1) is 8.27. The minimum atomic E-state index is -0.235. The molecule has 1 amide bonds. The van der Waals surface area contributed by atoms with Gasteiger partial charge in [-0.1, -0.05) is 0 Å². The lowest BCUT2D eigenvalue weighted by atomic mass is 10.00. The molecule has 0 radical (unpaired) electrons. The summed E-state index contributed by atoms with van der Waals surface area (Å²) in [5, 5.41) is 10.4. The highest BCUT2D eigenvalue weighted by Crippen LogP contribution is 2.09. The van der Waals surface area contributed by atoms with Crippen molar-refractivity contribution in [2.75, 3.05) is 19.6 Å². The summed E-state index contributed by atoms with van der Waals surface area (Å²) in [6, 6.07) is 1.59. The number of nitrogens with one attached hydrogen (secondary N) is 2. The monoisotopic (exact) mass is 236 g/mol. The molecule has 5 nitrogen and oxygen atoms in total. The zero-order valence-electron chi connectivity index (χ0n) is 10.2. The van der Waals surface area contributed by atoms with Crippen LogP contribution in [0.15, 0.2) is 18.5 Å². The van der Waals surface area contributed by atoms with Crippen LogP contribution in [0.4, 0.5) is 0 Å². The van der Waals surface area contributed by atoms with Gasteiger partial charge < -0.3 is 10.6 Å². The summed E-state index contributed by atoms with van der Waals surface area (Å²) in [5.41, 5.74) is 0. The molecule has 5 heteroatoms. The Bertz CT molecular complexity index is 343. The Balaban J connectivity index is 1.76. The summed E-state index contributed by atoms with van der Waals surface area (Å²) in [6.07, 6.45) is 5.90. The molecule has 2 heterocycles. The quantitative estimate of drug-likeness (QED) is 0.803. The van der Waals surface area contributed by atoms with Crippen LogP contribution in [-0.4, -0.2) is 35.3 Å². The number of nitrogens with zero attached hydrogens (tertiary/aromatic N) is 2. The van der Waals surface area contributed by atoms with Crippen LogP contribution in [0.3, 0.4) is 0 Å². The predicted molar refractivity (Wildman–Crippen MR) is 65.5 cm³/mol. The average Bonchev–Trinajstić information content (AvgIpc) is 2.90. The highest BCUT2D eigenvalue weighted by molar-refractivity contribution is 5.79. The number of rotatable bonds is 4. The molecule has 17 heavy (non-hydrogen) atoms. The molecular formula is C12H20N4O. The van der Waals surface area contributed by atoms with E-state index in [0.29, 0.717) is 5.92 Å². The van der Waals surface area contributed by atoms with Gasteiger partial charge in [-0.2, -0.15) is 5.10 Å². The average molecular weight is 236 g/mol. The van der Waals surface area contributed by atoms with Gasteiger partial charge in [-0.15, -0.1) is 0 Å². The van der Waals surface area contributed by atoms with E-state index in [-0.39, 0.29) is 11.9 Å². The van der Waals surface area contributed by atoms with Crippen LogP contribution in [0.2, 0.25) is 0 Å². The van der Waals surface area contributed by atoms with Gasteiger partial charge in [0.2, 0.25) is 5.91 Å². The minimum Gasteiger partial charge on any atom is -0.354 e. The molecule has 94 valence electrons. The minimum absolute atomic E-state index is 0.0410. The number of carbonyl (C=O) groups is 1. The number of carbonyl (C=O) groups excluding carboxylic acids is 1. The highest BCUT2D eigenvalue weighted by Gasteiger charge is 2.17. The van der Waals surface area contributed by atoms with E-state index in [0.717, 1.165) is 19.6 Å². The van der Waals surface area contributed by atoms with E-state index < -0.39 is 0 Å². The second-order valence-electron chi connectivity index (χ2n) is 4.62. The molecule has 1 aromatic heterocycles. The first kappa shape index (κ1) is 12.1. The summed E-state index contributed by atoms with van der Waals surface area (Å²) in [6.45, 7) is 4.74. The van der Waals surface area contributed by atoms with Crippen LogP contribution in [0.1, 0.15) is 25.8 Å². The van der Waals surface area contributed by atoms with Crippen LogP contribution in [0, 0.1) is 5.92 Å². The molecule has 1 saturated heterocycles. The van der Waals surface area contributed by atoms with Crippen molar-refractivity contribution in [3.05, 3.63) is 18.5 Å². The molecule has 2 N–H and O–H groups in total. The molecule has 2 atom stereocenters. The first-order valence-electron chi connectivity index (χ1n) is 6.25. The Kier molecular flexibility index (Phi) is 4.14. The van der Waals surface area contributed by atoms with E-state index >= 15 is 0 Å². The van der Waals surface area contributed by atoms with Gasteiger partial charge in [-0.25, -0.2) is 0 Å². The molecule has 1 aliphatic rings. The second kappa shape index (κ2) is 5.82. The van der Waals surface area contributed by atoms with E-state index in [1.165, 1.54) is 12.8 Å². The van der Waals surface area contributed by atoms with Crippen LogP contribution in [-0.2, 0) is 4.79 Å². The zero-order chi connectivity index (χ0) is 12.1. The summed E-state index contributed by atoms with van der Waals surface area (Å²) in [4.78, 5) is 11.9. The maximum absolute atomic E-state index is 11.9. The van der Waals surface area contributed by atoms with Crippen LogP contribution < -0.4 is 10.6 Å². The van der Waals surface area contributed by atoms with Crippen molar-refractivity contribution < 1.29 is 4.79 Å². The van der Waals surface area contributed by atoms with Gasteiger partial charge in [0.05, 0.1) is 0 Å². The smallest absolute Gasteiger partial charge is 0.244 e. The van der Waals surface area contributed by atoms with Gasteiger partial charge in [-0.3, -0.25) is 9.48 Å². The maximum atomic E-state index is 11.9. The van der Waals surface area contributed by atoms with Crippen molar-refractivity contribution in [2.24, 2.45) is 5.92 Å². The third-order valence-electron chi connectivity index (χ3n) is 3.27. The lowest BCUT2D eigenvalue weighted by Crippen LogP contribution is -2.40. The van der Waals surface area contributed by atoms with Gasteiger partial charge in [0.25, 0.3) is 0 Å². The van der Waals surface area contributed by atoms with Crippen molar-refractivity contribution >= 4 is 5.91 Å². The summed E-state index contributed by atoms with van der Waals surface area (Å²) >= 11 is 0. The first-order valence-corrected chi connectivity index (χ1v) is 6.25. The van der Waals surface area contributed by atoms with E-state index in [4.69, 9.17) is 0 Å². The summed E-state index contributed by atoms with van der Waals surface area (Å²) in [7, 11) is 0. The second-order valence-corrected chi connectivity index (χ2v) is 4.62. The Morgan fingerprint density at radius 2 is 2.59 bits per heavy atom. The molecule has 0 bridgehead atoms. The Labute approximate surface area is 102 Å². The molecule has 0 aromatic carbocycles. The fourth-order valence-electron chi connectivity index (χ4n) is 2.12. The lowest BCUT2D eigenvalue weighted by molar-refractivity contribution is -0.124. The molecular weight excluding hydrogens is 216 g/mol. The molecule has 1 aliphatic heterocycles. The predicted octanol–water partition coefficient (Wildman–Crippen LogP) is 0.560. The number of aromatic nitrogens is 2.